The summed E-state index contributed by atoms with van der Waals surface area (Å²) >= 11 is 0. The van der Waals surface area contributed by atoms with Gasteiger partial charge in [-0.2, -0.15) is 0 Å². The summed E-state index contributed by atoms with van der Waals surface area (Å²) < 4.78 is 0. The van der Waals surface area contributed by atoms with Crippen LogP contribution in [-0.2, 0) is 0 Å². The van der Waals surface area contributed by atoms with Gasteiger partial charge in [0, 0.05) is 5.69 Å². The van der Waals surface area contributed by atoms with E-state index >= 15 is 0 Å². The van der Waals surface area contributed by atoms with Crippen molar-refractivity contribution in [3.05, 3.63) is 42.5 Å². The maximum atomic E-state index is 3.28. The minimum absolute atomic E-state index is 0.790. The maximum Gasteiger partial charge on any atom is 0.0650 e. The largest absolute Gasteiger partial charge is 0.372 e. The fraction of sp³-hybridized carbons (Fsp3) is 0.167. The van der Waals surface area contributed by atoms with E-state index in [-0.39, 0.29) is 0 Å². The van der Waals surface area contributed by atoms with Crippen molar-refractivity contribution in [1.29, 1.82) is 0 Å². The molecule has 0 bridgehead atoms. The van der Waals surface area contributed by atoms with E-state index in [0.29, 0.717) is 0 Å². The summed E-state index contributed by atoms with van der Waals surface area (Å²) in [4.78, 5) is 0. The van der Waals surface area contributed by atoms with Crippen LogP contribution in [0.1, 0.15) is 0 Å². The first-order valence-corrected chi connectivity index (χ1v) is 4.77. The number of rotatable bonds is 3. The quantitative estimate of drug-likeness (QED) is 0.719. The van der Waals surface area contributed by atoms with Crippen molar-refractivity contribution in [2.75, 3.05) is 19.0 Å². The molecule has 0 spiro atoms. The molecule has 0 aromatic heterocycles. The predicted molar refractivity (Wildman–Crippen MR) is 61.5 cm³/mol. The molecule has 2 aromatic carbocycles. The minimum Gasteiger partial charge on any atom is -0.372 e. The summed E-state index contributed by atoms with van der Waals surface area (Å²) in [6, 6.07) is 14.8. The van der Waals surface area contributed by atoms with Gasteiger partial charge in [-0.3, -0.25) is 0 Å². The van der Waals surface area contributed by atoms with Gasteiger partial charge in [0.15, 0.2) is 0 Å². The molecule has 0 aliphatic rings. The van der Waals surface area contributed by atoms with Crippen molar-refractivity contribution in [1.82, 2.24) is 5.32 Å². The molecule has 72 valence electrons. The summed E-state index contributed by atoms with van der Waals surface area (Å²) in [6.45, 7) is 0.790. The van der Waals surface area contributed by atoms with Gasteiger partial charge in [-0.25, -0.2) is 0 Å². The summed E-state index contributed by atoms with van der Waals surface area (Å²) in [5.41, 5.74) is 1.15. The molecule has 0 atom stereocenters. The molecule has 0 saturated carbocycles. The van der Waals surface area contributed by atoms with E-state index in [9.17, 15) is 0 Å². The Hall–Kier alpha value is -1.54. The standard InChI is InChI=1S/C12H14N2/c1-13-9-14-12-7-6-10-4-2-3-5-11(10)8-12/h2-8,13-14H,9H2,1H3. The molecule has 0 aliphatic carbocycles. The number of nitrogens with one attached hydrogen (secondary N) is 2. The van der Waals surface area contributed by atoms with E-state index in [4.69, 9.17) is 0 Å². The van der Waals surface area contributed by atoms with E-state index in [1.54, 1.807) is 0 Å². The van der Waals surface area contributed by atoms with E-state index < -0.39 is 0 Å². The molecule has 0 amide bonds. The molecule has 0 heterocycles. The molecule has 2 aromatic rings. The summed E-state index contributed by atoms with van der Waals surface area (Å²) in [6.07, 6.45) is 0. The molecule has 0 saturated heterocycles. The summed E-state index contributed by atoms with van der Waals surface area (Å²) in [7, 11) is 1.92. The molecule has 14 heavy (non-hydrogen) atoms. The smallest absolute Gasteiger partial charge is 0.0650 e. The Morgan fingerprint density at radius 3 is 2.57 bits per heavy atom. The van der Waals surface area contributed by atoms with Crippen molar-refractivity contribution in [2.45, 2.75) is 0 Å². The molecule has 0 radical (unpaired) electrons. The Kier molecular flexibility index (Phi) is 2.65. The van der Waals surface area contributed by atoms with Crippen LogP contribution in [0.25, 0.3) is 10.8 Å². The Morgan fingerprint density at radius 2 is 1.79 bits per heavy atom. The van der Waals surface area contributed by atoms with Gasteiger partial charge in [0.1, 0.15) is 0 Å². The fourth-order valence-electron chi connectivity index (χ4n) is 1.49. The van der Waals surface area contributed by atoms with Crippen LogP contribution in [0.15, 0.2) is 42.5 Å². The van der Waals surface area contributed by atoms with Gasteiger partial charge in [0.25, 0.3) is 0 Å². The molecule has 2 rings (SSSR count). The van der Waals surface area contributed by atoms with Gasteiger partial charge in [0.2, 0.25) is 0 Å². The van der Waals surface area contributed by atoms with Crippen LogP contribution >= 0.6 is 0 Å². The molecular weight excluding hydrogens is 172 g/mol. The van der Waals surface area contributed by atoms with Crippen LogP contribution in [0.4, 0.5) is 5.69 Å². The molecular formula is C12H14N2. The maximum absolute atomic E-state index is 3.28. The Morgan fingerprint density at radius 1 is 1.00 bits per heavy atom. The van der Waals surface area contributed by atoms with Crippen LogP contribution in [0.3, 0.4) is 0 Å². The van der Waals surface area contributed by atoms with Gasteiger partial charge in [-0.15, -0.1) is 0 Å². The van der Waals surface area contributed by atoms with Crippen molar-refractivity contribution >= 4 is 16.5 Å². The molecule has 0 fully saturated rings. The molecule has 2 nitrogen and oxygen atoms in total. The average Bonchev–Trinajstić information content (AvgIpc) is 2.26. The first-order chi connectivity index (χ1) is 6.90. The first kappa shape index (κ1) is 9.03. The van der Waals surface area contributed by atoms with Crippen LogP contribution in [0.2, 0.25) is 0 Å². The number of hydrogen-bond acceptors (Lipinski definition) is 2. The topological polar surface area (TPSA) is 24.1 Å². The van der Waals surface area contributed by atoms with Gasteiger partial charge >= 0.3 is 0 Å². The average molecular weight is 186 g/mol. The highest BCUT2D eigenvalue weighted by molar-refractivity contribution is 5.85. The molecule has 2 heteroatoms. The molecule has 0 unspecified atom stereocenters. The van der Waals surface area contributed by atoms with E-state index in [1.165, 1.54) is 10.8 Å². The van der Waals surface area contributed by atoms with Crippen LogP contribution < -0.4 is 10.6 Å². The Bertz CT molecular complexity index is 423. The Labute approximate surface area is 83.9 Å². The van der Waals surface area contributed by atoms with Gasteiger partial charge in [-0.1, -0.05) is 30.3 Å². The number of anilines is 1. The van der Waals surface area contributed by atoms with E-state index in [1.807, 2.05) is 7.05 Å². The monoisotopic (exact) mass is 186 g/mol. The number of hydrogen-bond donors (Lipinski definition) is 2. The van der Waals surface area contributed by atoms with Crippen molar-refractivity contribution in [3.8, 4) is 0 Å². The second kappa shape index (κ2) is 4.11. The van der Waals surface area contributed by atoms with Gasteiger partial charge in [-0.05, 0) is 30.0 Å². The SMILES string of the molecule is CNCNc1ccc2ccccc2c1. The third kappa shape index (κ3) is 1.86. The summed E-state index contributed by atoms with van der Waals surface area (Å²) in [5.74, 6) is 0. The lowest BCUT2D eigenvalue weighted by atomic mass is 10.1. The third-order valence-electron chi connectivity index (χ3n) is 2.22. The summed E-state index contributed by atoms with van der Waals surface area (Å²) in [5, 5.41) is 8.88. The van der Waals surface area contributed by atoms with Crippen molar-refractivity contribution in [3.63, 3.8) is 0 Å². The second-order valence-electron chi connectivity index (χ2n) is 3.27. The van der Waals surface area contributed by atoms with Crippen LogP contribution in [0.5, 0.6) is 0 Å². The normalized spacial score (nSPS) is 10.4. The van der Waals surface area contributed by atoms with Crippen molar-refractivity contribution in [2.24, 2.45) is 0 Å². The lowest BCUT2D eigenvalue weighted by Crippen LogP contribution is -2.16. The van der Waals surface area contributed by atoms with Crippen LogP contribution in [-0.4, -0.2) is 13.7 Å². The second-order valence-corrected chi connectivity index (χ2v) is 3.27. The van der Waals surface area contributed by atoms with E-state index in [2.05, 4.69) is 53.1 Å². The third-order valence-corrected chi connectivity index (χ3v) is 2.22. The number of fused-ring (bicyclic) bond motifs is 1. The molecule has 2 N–H and O–H groups in total. The highest BCUT2D eigenvalue weighted by atomic mass is 15.0. The zero-order chi connectivity index (χ0) is 9.80. The highest BCUT2D eigenvalue weighted by Gasteiger charge is 1.93. The van der Waals surface area contributed by atoms with Gasteiger partial charge in [0.05, 0.1) is 6.67 Å². The van der Waals surface area contributed by atoms with Gasteiger partial charge < -0.3 is 10.6 Å². The lowest BCUT2D eigenvalue weighted by Gasteiger charge is -2.06. The van der Waals surface area contributed by atoms with E-state index in [0.717, 1.165) is 12.4 Å². The first-order valence-electron chi connectivity index (χ1n) is 4.77. The highest BCUT2D eigenvalue weighted by Crippen LogP contribution is 2.18. The fourth-order valence-corrected chi connectivity index (χ4v) is 1.49. The van der Waals surface area contributed by atoms with Crippen LogP contribution in [0, 0.1) is 0 Å². The zero-order valence-corrected chi connectivity index (χ0v) is 8.25. The number of benzene rings is 2. The Balaban J connectivity index is 2.32. The van der Waals surface area contributed by atoms with Crippen molar-refractivity contribution < 1.29 is 0 Å². The molecule has 0 aliphatic heterocycles. The predicted octanol–water partition coefficient (Wildman–Crippen LogP) is 2.43. The zero-order valence-electron chi connectivity index (χ0n) is 8.25. The lowest BCUT2D eigenvalue weighted by molar-refractivity contribution is 0.875. The minimum atomic E-state index is 0.790.